The number of allylic oxidation sites excluding steroid dienone is 2. The van der Waals surface area contributed by atoms with Gasteiger partial charge in [0.15, 0.2) is 6.10 Å². The van der Waals surface area contributed by atoms with Crippen LogP contribution in [0.5, 0.6) is 0 Å². The Morgan fingerprint density at radius 2 is 2.12 bits per heavy atom. The summed E-state index contributed by atoms with van der Waals surface area (Å²) in [6.07, 6.45) is 4.70. The number of carbonyl (C=O) groups excluding carboxylic acids is 1. The van der Waals surface area contributed by atoms with Gasteiger partial charge in [-0.2, -0.15) is 0 Å². The molecule has 0 amide bonds. The Bertz CT molecular complexity index is 416. The lowest BCUT2D eigenvalue weighted by molar-refractivity contribution is -0.173. The lowest BCUT2D eigenvalue weighted by Gasteiger charge is -2.45. The zero-order chi connectivity index (χ0) is 11.8. The van der Waals surface area contributed by atoms with Crippen molar-refractivity contribution < 1.29 is 19.7 Å². The van der Waals surface area contributed by atoms with E-state index < -0.39 is 17.8 Å². The maximum Gasteiger partial charge on any atom is 0.309 e. The highest BCUT2D eigenvalue weighted by atomic mass is 16.6. The topological polar surface area (TPSA) is 66.8 Å². The molecule has 2 N–H and O–H groups in total. The van der Waals surface area contributed by atoms with Gasteiger partial charge < -0.3 is 14.9 Å². The Labute approximate surface area is 99.3 Å². The number of carbonyl (C=O) groups is 1. The van der Waals surface area contributed by atoms with Gasteiger partial charge in [-0.05, 0) is 36.5 Å². The Balaban J connectivity index is 1.73. The average Bonchev–Trinajstić information content (AvgIpc) is 2.89. The first kappa shape index (κ1) is 10.1. The Kier molecular flexibility index (Phi) is 1.74. The number of hydrogen-bond donors (Lipinski definition) is 2. The largest absolute Gasteiger partial charge is 0.456 e. The van der Waals surface area contributed by atoms with E-state index in [9.17, 15) is 15.0 Å². The fourth-order valence-electron chi connectivity index (χ4n) is 4.59. The number of rotatable bonds is 0. The van der Waals surface area contributed by atoms with Gasteiger partial charge in [-0.25, -0.2) is 0 Å². The van der Waals surface area contributed by atoms with Gasteiger partial charge in [0.2, 0.25) is 0 Å². The molecule has 3 aliphatic carbocycles. The molecule has 0 aromatic carbocycles. The van der Waals surface area contributed by atoms with E-state index in [4.69, 9.17) is 4.74 Å². The number of fused-ring (bicyclic) bond motifs is 6. The summed E-state index contributed by atoms with van der Waals surface area (Å²) in [5, 5.41) is 20.9. The van der Waals surface area contributed by atoms with Crippen molar-refractivity contribution in [3.8, 4) is 0 Å². The van der Waals surface area contributed by atoms with Crippen LogP contribution >= 0.6 is 0 Å². The van der Waals surface area contributed by atoms with Crippen molar-refractivity contribution in [1.29, 1.82) is 0 Å². The molecule has 1 aliphatic heterocycles. The summed E-state index contributed by atoms with van der Waals surface area (Å²) in [4.78, 5) is 11.3. The minimum Gasteiger partial charge on any atom is -0.456 e. The molecule has 4 rings (SSSR count). The van der Waals surface area contributed by atoms with E-state index in [1.54, 1.807) is 0 Å². The summed E-state index contributed by atoms with van der Waals surface area (Å²) in [6, 6.07) is 0. The highest BCUT2D eigenvalue weighted by Crippen LogP contribution is 2.58. The molecule has 3 fully saturated rings. The van der Waals surface area contributed by atoms with Gasteiger partial charge in [-0.15, -0.1) is 0 Å². The third-order valence-corrected chi connectivity index (χ3v) is 5.22. The fourth-order valence-corrected chi connectivity index (χ4v) is 4.59. The predicted molar refractivity (Wildman–Crippen MR) is 57.8 cm³/mol. The third-order valence-electron chi connectivity index (χ3n) is 5.22. The SMILES string of the molecule is O=C1C[C@]2(O)C[C@@H]3[C@H](C(O)[C@@H]2O1)[C@@H]1C=C[C@H]3C1. The van der Waals surface area contributed by atoms with Crippen LogP contribution in [0.15, 0.2) is 12.2 Å². The summed E-state index contributed by atoms with van der Waals surface area (Å²) in [5.74, 6) is 0.984. The third kappa shape index (κ3) is 1.13. The molecular formula is C13H16O4. The Morgan fingerprint density at radius 3 is 2.94 bits per heavy atom. The van der Waals surface area contributed by atoms with Gasteiger partial charge in [0.25, 0.3) is 0 Å². The first-order chi connectivity index (χ1) is 8.08. The maximum atomic E-state index is 11.3. The van der Waals surface area contributed by atoms with E-state index in [0.717, 1.165) is 6.42 Å². The molecule has 1 saturated heterocycles. The highest BCUT2D eigenvalue weighted by Gasteiger charge is 2.63. The van der Waals surface area contributed by atoms with Gasteiger partial charge in [0, 0.05) is 0 Å². The van der Waals surface area contributed by atoms with E-state index >= 15 is 0 Å². The van der Waals surface area contributed by atoms with Crippen LogP contribution in [0.1, 0.15) is 19.3 Å². The summed E-state index contributed by atoms with van der Waals surface area (Å²) in [7, 11) is 0. The summed E-state index contributed by atoms with van der Waals surface area (Å²) >= 11 is 0. The number of aliphatic hydroxyl groups excluding tert-OH is 1. The van der Waals surface area contributed by atoms with Gasteiger partial charge >= 0.3 is 5.97 Å². The molecule has 7 atom stereocenters. The second-order valence-corrected chi connectivity index (χ2v) is 6.08. The molecule has 4 aliphatic rings. The number of aliphatic hydroxyl groups is 2. The van der Waals surface area contributed by atoms with E-state index in [1.807, 2.05) is 0 Å². The minimum atomic E-state index is -1.13. The van der Waals surface area contributed by atoms with Crippen molar-refractivity contribution >= 4 is 5.97 Å². The normalized spacial score (nSPS) is 59.1. The lowest BCUT2D eigenvalue weighted by atomic mass is 9.64. The van der Waals surface area contributed by atoms with Gasteiger partial charge in [-0.3, -0.25) is 4.79 Å². The van der Waals surface area contributed by atoms with Crippen LogP contribution in [-0.4, -0.2) is 34.0 Å². The van der Waals surface area contributed by atoms with Crippen LogP contribution in [0.3, 0.4) is 0 Å². The standard InChI is InChI=1S/C13H16O4/c14-9-5-13(16)4-8-6-1-2-7(3-6)10(8)11(15)12(13)17-9/h1-2,6-8,10-12,15-16H,3-5H2/t6-,7+,8-,10+,11?,12-,13+/m0/s1. The monoisotopic (exact) mass is 236 g/mol. The molecule has 0 aromatic heterocycles. The quantitative estimate of drug-likeness (QED) is 0.467. The van der Waals surface area contributed by atoms with Crippen molar-refractivity contribution in [1.82, 2.24) is 0 Å². The van der Waals surface area contributed by atoms with Crippen molar-refractivity contribution in [2.24, 2.45) is 23.7 Å². The van der Waals surface area contributed by atoms with Crippen molar-refractivity contribution in [2.75, 3.05) is 0 Å². The van der Waals surface area contributed by atoms with Crippen molar-refractivity contribution in [3.63, 3.8) is 0 Å². The molecule has 0 spiro atoms. The molecular weight excluding hydrogens is 220 g/mol. The molecule has 2 saturated carbocycles. The second kappa shape index (κ2) is 2.93. The smallest absolute Gasteiger partial charge is 0.309 e. The van der Waals surface area contributed by atoms with Gasteiger partial charge in [0.05, 0.1) is 12.5 Å². The van der Waals surface area contributed by atoms with Crippen LogP contribution in [0.4, 0.5) is 0 Å². The average molecular weight is 236 g/mol. The maximum absolute atomic E-state index is 11.3. The summed E-state index contributed by atoms with van der Waals surface area (Å²) in [6.45, 7) is 0. The van der Waals surface area contributed by atoms with E-state index in [1.165, 1.54) is 0 Å². The Morgan fingerprint density at radius 1 is 1.35 bits per heavy atom. The van der Waals surface area contributed by atoms with Crippen molar-refractivity contribution in [3.05, 3.63) is 12.2 Å². The van der Waals surface area contributed by atoms with Crippen LogP contribution < -0.4 is 0 Å². The predicted octanol–water partition coefficient (Wildman–Crippen LogP) is 0.236. The highest BCUT2D eigenvalue weighted by molar-refractivity contribution is 5.74. The molecule has 1 unspecified atom stereocenters. The molecule has 17 heavy (non-hydrogen) atoms. The van der Waals surface area contributed by atoms with Crippen LogP contribution in [0.25, 0.3) is 0 Å². The number of esters is 1. The first-order valence-electron chi connectivity index (χ1n) is 6.37. The van der Waals surface area contributed by atoms with E-state index in [-0.39, 0.29) is 18.3 Å². The second-order valence-electron chi connectivity index (χ2n) is 6.08. The van der Waals surface area contributed by atoms with E-state index in [2.05, 4.69) is 12.2 Å². The molecule has 0 aromatic rings. The summed E-state index contributed by atoms with van der Waals surface area (Å²) in [5.41, 5.74) is -1.13. The minimum absolute atomic E-state index is 0.0407. The van der Waals surface area contributed by atoms with E-state index in [0.29, 0.717) is 24.2 Å². The zero-order valence-corrected chi connectivity index (χ0v) is 9.45. The molecule has 0 radical (unpaired) electrons. The molecule has 4 heteroatoms. The van der Waals surface area contributed by atoms with Crippen LogP contribution in [-0.2, 0) is 9.53 Å². The molecule has 1 heterocycles. The Hall–Kier alpha value is -0.870. The molecule has 92 valence electrons. The van der Waals surface area contributed by atoms with Gasteiger partial charge in [0.1, 0.15) is 5.60 Å². The first-order valence-corrected chi connectivity index (χ1v) is 6.37. The number of hydrogen-bond acceptors (Lipinski definition) is 4. The summed E-state index contributed by atoms with van der Waals surface area (Å²) < 4.78 is 5.13. The lowest BCUT2D eigenvalue weighted by Crippen LogP contribution is -2.57. The van der Waals surface area contributed by atoms with Crippen molar-refractivity contribution in [2.45, 2.75) is 37.1 Å². The van der Waals surface area contributed by atoms with Gasteiger partial charge in [-0.1, -0.05) is 12.2 Å². The number of ether oxygens (including phenoxy) is 1. The molecule has 4 nitrogen and oxygen atoms in total. The molecule has 2 bridgehead atoms. The zero-order valence-electron chi connectivity index (χ0n) is 9.45. The van der Waals surface area contributed by atoms with Crippen LogP contribution in [0.2, 0.25) is 0 Å². The van der Waals surface area contributed by atoms with Crippen LogP contribution in [0, 0.1) is 23.7 Å². The fraction of sp³-hybridized carbons (Fsp3) is 0.769.